The number of nitrogens with one attached hydrogen (secondary N) is 1. The molecule has 2 aliphatic rings. The summed E-state index contributed by atoms with van der Waals surface area (Å²) in [7, 11) is 0. The van der Waals surface area contributed by atoms with Crippen LogP contribution in [-0.4, -0.2) is 30.6 Å². The summed E-state index contributed by atoms with van der Waals surface area (Å²) in [6, 6.07) is 8.01. The number of fused-ring (bicyclic) bond motifs is 1. The first kappa shape index (κ1) is 16.8. The molecule has 0 radical (unpaired) electrons. The molecule has 1 fully saturated rings. The molecule has 1 aliphatic heterocycles. The number of nitrogens with zero attached hydrogens (tertiary/aromatic N) is 1. The first-order chi connectivity index (χ1) is 9.86. The third-order valence-corrected chi connectivity index (χ3v) is 4.88. The molecule has 3 rings (SSSR count). The maximum Gasteiger partial charge on any atom is 0.0236 e. The van der Waals surface area contributed by atoms with Gasteiger partial charge in [-0.3, -0.25) is 4.90 Å². The van der Waals surface area contributed by atoms with Crippen molar-refractivity contribution in [2.75, 3.05) is 19.6 Å². The van der Waals surface area contributed by atoms with Gasteiger partial charge in [-0.15, -0.1) is 12.4 Å². The summed E-state index contributed by atoms with van der Waals surface area (Å²) in [6.07, 6.45) is 7.82. The molecule has 3 heteroatoms. The van der Waals surface area contributed by atoms with Crippen LogP contribution in [0.5, 0.6) is 0 Å². The van der Waals surface area contributed by atoms with Gasteiger partial charge in [-0.05, 0) is 74.8 Å². The van der Waals surface area contributed by atoms with Crippen LogP contribution in [0, 0.1) is 0 Å². The van der Waals surface area contributed by atoms with E-state index in [1.165, 1.54) is 63.7 Å². The molecular formula is C18H29ClN2. The second kappa shape index (κ2) is 8.17. The normalized spacial score (nSPS) is 18.6. The van der Waals surface area contributed by atoms with Gasteiger partial charge in [-0.1, -0.05) is 25.1 Å². The van der Waals surface area contributed by atoms with E-state index in [1.807, 2.05) is 0 Å². The second-order valence-corrected chi connectivity index (χ2v) is 6.41. The quantitative estimate of drug-likeness (QED) is 0.894. The minimum Gasteiger partial charge on any atom is -0.317 e. The van der Waals surface area contributed by atoms with Crippen LogP contribution < -0.4 is 5.32 Å². The van der Waals surface area contributed by atoms with Crippen molar-refractivity contribution in [2.45, 2.75) is 58.0 Å². The van der Waals surface area contributed by atoms with Crippen LogP contribution in [0.4, 0.5) is 0 Å². The van der Waals surface area contributed by atoms with Crippen molar-refractivity contribution in [1.29, 1.82) is 0 Å². The van der Waals surface area contributed by atoms with E-state index >= 15 is 0 Å². The van der Waals surface area contributed by atoms with Gasteiger partial charge in [0.05, 0.1) is 0 Å². The van der Waals surface area contributed by atoms with Crippen molar-refractivity contribution in [3.8, 4) is 0 Å². The Morgan fingerprint density at radius 3 is 2.67 bits per heavy atom. The van der Waals surface area contributed by atoms with Gasteiger partial charge < -0.3 is 5.32 Å². The highest BCUT2D eigenvalue weighted by atomic mass is 35.5. The van der Waals surface area contributed by atoms with E-state index in [0.29, 0.717) is 0 Å². The molecular weight excluding hydrogens is 280 g/mol. The molecule has 0 saturated carbocycles. The lowest BCUT2D eigenvalue weighted by Gasteiger charge is -2.34. The lowest BCUT2D eigenvalue weighted by atomic mass is 10.0. The maximum absolute atomic E-state index is 3.48. The summed E-state index contributed by atoms with van der Waals surface area (Å²) < 4.78 is 0. The van der Waals surface area contributed by atoms with Gasteiger partial charge in [0.2, 0.25) is 0 Å². The fourth-order valence-electron chi connectivity index (χ4n) is 3.81. The Labute approximate surface area is 135 Å². The maximum atomic E-state index is 3.48. The Kier molecular flexibility index (Phi) is 6.53. The molecule has 0 bridgehead atoms. The third kappa shape index (κ3) is 4.21. The summed E-state index contributed by atoms with van der Waals surface area (Å²) in [5, 5.41) is 3.48. The molecule has 1 aromatic rings. The molecule has 21 heavy (non-hydrogen) atoms. The van der Waals surface area contributed by atoms with Crippen molar-refractivity contribution < 1.29 is 0 Å². The minimum atomic E-state index is 0. The van der Waals surface area contributed by atoms with Crippen LogP contribution in [-0.2, 0) is 19.4 Å². The van der Waals surface area contributed by atoms with E-state index in [2.05, 4.69) is 35.3 Å². The highest BCUT2D eigenvalue weighted by molar-refractivity contribution is 5.85. The van der Waals surface area contributed by atoms with Crippen molar-refractivity contribution in [1.82, 2.24) is 10.2 Å². The van der Waals surface area contributed by atoms with Crippen LogP contribution in [0.15, 0.2) is 18.2 Å². The summed E-state index contributed by atoms with van der Waals surface area (Å²) in [5.74, 6) is 0. The fourth-order valence-corrected chi connectivity index (χ4v) is 3.81. The van der Waals surface area contributed by atoms with Crippen molar-refractivity contribution in [2.24, 2.45) is 0 Å². The number of rotatable bonds is 5. The molecule has 1 heterocycles. The molecule has 2 nitrogen and oxygen atoms in total. The Morgan fingerprint density at radius 1 is 1.14 bits per heavy atom. The predicted octanol–water partition coefficient (Wildman–Crippen LogP) is 3.56. The summed E-state index contributed by atoms with van der Waals surface area (Å²) >= 11 is 0. The zero-order valence-corrected chi connectivity index (χ0v) is 14.1. The topological polar surface area (TPSA) is 15.3 Å². The van der Waals surface area contributed by atoms with Gasteiger partial charge in [-0.25, -0.2) is 0 Å². The summed E-state index contributed by atoms with van der Waals surface area (Å²) in [4.78, 5) is 2.72. The van der Waals surface area contributed by atoms with Gasteiger partial charge in [0.1, 0.15) is 0 Å². The average Bonchev–Trinajstić information content (AvgIpc) is 2.95. The Balaban J connectivity index is 0.00000161. The van der Waals surface area contributed by atoms with Crippen LogP contribution in [0.1, 0.15) is 49.3 Å². The first-order valence-electron chi connectivity index (χ1n) is 8.42. The number of hydrogen-bond acceptors (Lipinski definition) is 2. The largest absolute Gasteiger partial charge is 0.317 e. The zero-order valence-electron chi connectivity index (χ0n) is 13.2. The van der Waals surface area contributed by atoms with Crippen LogP contribution in [0.2, 0.25) is 0 Å². The monoisotopic (exact) mass is 308 g/mol. The van der Waals surface area contributed by atoms with Gasteiger partial charge >= 0.3 is 0 Å². The van der Waals surface area contributed by atoms with Crippen molar-refractivity contribution >= 4 is 12.4 Å². The van der Waals surface area contributed by atoms with E-state index in [-0.39, 0.29) is 12.4 Å². The molecule has 0 spiro atoms. The number of benzene rings is 1. The van der Waals surface area contributed by atoms with Crippen molar-refractivity contribution in [3.63, 3.8) is 0 Å². The Hall–Kier alpha value is -0.570. The number of piperidine rings is 1. The molecule has 1 N–H and O–H groups in total. The fraction of sp³-hybridized carbons (Fsp3) is 0.667. The smallest absolute Gasteiger partial charge is 0.0236 e. The first-order valence-corrected chi connectivity index (χ1v) is 8.42. The van der Waals surface area contributed by atoms with E-state index in [1.54, 1.807) is 11.1 Å². The molecule has 1 aliphatic carbocycles. The molecule has 0 amide bonds. The van der Waals surface area contributed by atoms with E-state index in [4.69, 9.17) is 0 Å². The highest BCUT2D eigenvalue weighted by Crippen LogP contribution is 2.24. The molecule has 0 aromatic heterocycles. The Morgan fingerprint density at radius 2 is 1.90 bits per heavy atom. The summed E-state index contributed by atoms with van der Waals surface area (Å²) in [6.45, 7) is 7.06. The van der Waals surface area contributed by atoms with Crippen LogP contribution >= 0.6 is 12.4 Å². The van der Waals surface area contributed by atoms with E-state index in [0.717, 1.165) is 12.6 Å². The zero-order chi connectivity index (χ0) is 13.8. The SMILES string of the molecule is CCCN(Cc1ccc2c(c1)CCC2)C1CCNCC1.Cl. The molecule has 1 saturated heterocycles. The van der Waals surface area contributed by atoms with Gasteiger partial charge in [0, 0.05) is 12.6 Å². The minimum absolute atomic E-state index is 0. The third-order valence-electron chi connectivity index (χ3n) is 4.88. The molecule has 1 aromatic carbocycles. The average molecular weight is 309 g/mol. The highest BCUT2D eigenvalue weighted by Gasteiger charge is 2.21. The molecule has 0 atom stereocenters. The van der Waals surface area contributed by atoms with Gasteiger partial charge in [0.15, 0.2) is 0 Å². The van der Waals surface area contributed by atoms with E-state index < -0.39 is 0 Å². The van der Waals surface area contributed by atoms with Gasteiger partial charge in [0.25, 0.3) is 0 Å². The van der Waals surface area contributed by atoms with Crippen LogP contribution in [0.25, 0.3) is 0 Å². The molecule has 0 unspecified atom stereocenters. The second-order valence-electron chi connectivity index (χ2n) is 6.41. The lowest BCUT2D eigenvalue weighted by Crippen LogP contribution is -2.43. The Bertz CT molecular complexity index is 441. The van der Waals surface area contributed by atoms with Crippen LogP contribution in [0.3, 0.4) is 0 Å². The van der Waals surface area contributed by atoms with E-state index in [9.17, 15) is 0 Å². The summed E-state index contributed by atoms with van der Waals surface area (Å²) in [5.41, 5.74) is 4.74. The number of halogens is 1. The standard InChI is InChI=1S/C18H28N2.ClH/c1-2-12-20(18-8-10-19-11-9-18)14-15-6-7-16-4-3-5-17(16)13-15;/h6-7,13,18-19H,2-5,8-12,14H2,1H3;1H. The number of aryl methyl sites for hydroxylation is 2. The van der Waals surface area contributed by atoms with Gasteiger partial charge in [-0.2, -0.15) is 0 Å². The molecule has 118 valence electrons. The van der Waals surface area contributed by atoms with Crippen molar-refractivity contribution in [3.05, 3.63) is 34.9 Å². The number of hydrogen-bond donors (Lipinski definition) is 1. The predicted molar refractivity (Wildman–Crippen MR) is 92.3 cm³/mol. The lowest BCUT2D eigenvalue weighted by molar-refractivity contribution is 0.154.